The molecular formula is C14H21FN2. The van der Waals surface area contributed by atoms with Crippen molar-refractivity contribution in [2.75, 3.05) is 13.1 Å². The lowest BCUT2D eigenvalue weighted by molar-refractivity contribution is 0.509. The predicted octanol–water partition coefficient (Wildman–Crippen LogP) is 2.61. The molecule has 1 unspecified atom stereocenters. The van der Waals surface area contributed by atoms with Crippen LogP contribution in [0.2, 0.25) is 0 Å². The second kappa shape index (κ2) is 6.12. The van der Waals surface area contributed by atoms with E-state index in [1.165, 1.54) is 31.7 Å². The van der Waals surface area contributed by atoms with Gasteiger partial charge in [-0.1, -0.05) is 25.0 Å². The lowest BCUT2D eigenvalue weighted by Gasteiger charge is -2.17. The molecule has 0 heterocycles. The molecule has 0 saturated heterocycles. The van der Waals surface area contributed by atoms with Gasteiger partial charge in [-0.05, 0) is 43.0 Å². The summed E-state index contributed by atoms with van der Waals surface area (Å²) < 4.78 is 13.1. The molecule has 2 nitrogen and oxygen atoms in total. The molecule has 0 spiro atoms. The Bertz CT molecular complexity index is 350. The maximum atomic E-state index is 13.1. The van der Waals surface area contributed by atoms with E-state index in [1.807, 2.05) is 6.07 Å². The van der Waals surface area contributed by atoms with Crippen LogP contribution in [0.4, 0.5) is 4.39 Å². The molecular weight excluding hydrogens is 215 g/mol. The van der Waals surface area contributed by atoms with E-state index >= 15 is 0 Å². The molecule has 3 heteroatoms. The van der Waals surface area contributed by atoms with E-state index in [2.05, 4.69) is 5.32 Å². The highest BCUT2D eigenvalue weighted by molar-refractivity contribution is 5.20. The minimum absolute atomic E-state index is 0.0740. The van der Waals surface area contributed by atoms with Gasteiger partial charge in [0, 0.05) is 12.6 Å². The average molecular weight is 236 g/mol. The second-order valence-electron chi connectivity index (χ2n) is 4.88. The highest BCUT2D eigenvalue weighted by Gasteiger charge is 2.20. The van der Waals surface area contributed by atoms with Gasteiger partial charge in [0.2, 0.25) is 0 Å². The van der Waals surface area contributed by atoms with E-state index in [9.17, 15) is 4.39 Å². The van der Waals surface area contributed by atoms with E-state index < -0.39 is 0 Å². The topological polar surface area (TPSA) is 38.0 Å². The van der Waals surface area contributed by atoms with E-state index in [-0.39, 0.29) is 11.9 Å². The van der Waals surface area contributed by atoms with Gasteiger partial charge in [-0.2, -0.15) is 0 Å². The fourth-order valence-electron chi connectivity index (χ4n) is 2.13. The molecule has 0 aliphatic heterocycles. The van der Waals surface area contributed by atoms with Crippen LogP contribution in [0.3, 0.4) is 0 Å². The number of nitrogens with two attached hydrogens (primary N) is 1. The minimum atomic E-state index is -0.194. The monoisotopic (exact) mass is 236 g/mol. The SMILES string of the molecule is NCC(NCCCC1CC1)c1cccc(F)c1. The molecule has 94 valence electrons. The predicted molar refractivity (Wildman–Crippen MR) is 68.2 cm³/mol. The summed E-state index contributed by atoms with van der Waals surface area (Å²) in [6.45, 7) is 1.47. The quantitative estimate of drug-likeness (QED) is 0.714. The standard InChI is InChI=1S/C14H21FN2/c15-13-5-1-4-12(9-13)14(10-16)17-8-2-3-11-6-7-11/h1,4-5,9,11,14,17H,2-3,6-8,10,16H2. The third-order valence-electron chi connectivity index (χ3n) is 3.36. The van der Waals surface area contributed by atoms with Crippen LogP contribution in [-0.2, 0) is 0 Å². The Balaban J connectivity index is 1.78. The van der Waals surface area contributed by atoms with Crippen molar-refractivity contribution in [1.82, 2.24) is 5.32 Å². The zero-order chi connectivity index (χ0) is 12.1. The average Bonchev–Trinajstić information content (AvgIpc) is 3.13. The highest BCUT2D eigenvalue weighted by Crippen LogP contribution is 2.33. The molecule has 1 atom stereocenters. The fraction of sp³-hybridized carbons (Fsp3) is 0.571. The Kier molecular flexibility index (Phi) is 4.51. The van der Waals surface area contributed by atoms with Crippen molar-refractivity contribution in [3.63, 3.8) is 0 Å². The number of hydrogen-bond donors (Lipinski definition) is 2. The second-order valence-corrected chi connectivity index (χ2v) is 4.88. The zero-order valence-electron chi connectivity index (χ0n) is 10.2. The molecule has 3 N–H and O–H groups in total. The van der Waals surface area contributed by atoms with Crippen molar-refractivity contribution in [2.24, 2.45) is 11.7 Å². The van der Waals surface area contributed by atoms with Crippen LogP contribution in [0.5, 0.6) is 0 Å². The Labute approximate surface area is 102 Å². The molecule has 1 saturated carbocycles. The first-order valence-electron chi connectivity index (χ1n) is 6.48. The van der Waals surface area contributed by atoms with Crippen molar-refractivity contribution in [2.45, 2.75) is 31.7 Å². The Hall–Kier alpha value is -0.930. The summed E-state index contributed by atoms with van der Waals surface area (Å²) in [5, 5.41) is 3.40. The first-order valence-corrected chi connectivity index (χ1v) is 6.48. The molecule has 0 radical (unpaired) electrons. The highest BCUT2D eigenvalue weighted by atomic mass is 19.1. The van der Waals surface area contributed by atoms with Crippen LogP contribution in [-0.4, -0.2) is 13.1 Å². The van der Waals surface area contributed by atoms with Gasteiger partial charge in [-0.15, -0.1) is 0 Å². The molecule has 1 aromatic rings. The van der Waals surface area contributed by atoms with E-state index in [0.29, 0.717) is 6.54 Å². The van der Waals surface area contributed by atoms with Crippen molar-refractivity contribution >= 4 is 0 Å². The number of rotatable bonds is 7. The van der Waals surface area contributed by atoms with Crippen molar-refractivity contribution < 1.29 is 4.39 Å². The Morgan fingerprint density at radius 3 is 2.88 bits per heavy atom. The summed E-state index contributed by atoms with van der Waals surface area (Å²) in [5.74, 6) is 0.781. The third-order valence-corrected chi connectivity index (χ3v) is 3.36. The van der Waals surface area contributed by atoms with Crippen molar-refractivity contribution in [3.8, 4) is 0 Å². The van der Waals surface area contributed by atoms with Crippen molar-refractivity contribution in [1.29, 1.82) is 0 Å². The molecule has 17 heavy (non-hydrogen) atoms. The fourth-order valence-corrected chi connectivity index (χ4v) is 2.13. The zero-order valence-corrected chi connectivity index (χ0v) is 10.2. The van der Waals surface area contributed by atoms with E-state index in [0.717, 1.165) is 18.0 Å². The first kappa shape index (κ1) is 12.5. The summed E-state index contributed by atoms with van der Waals surface area (Å²) in [5.41, 5.74) is 6.67. The van der Waals surface area contributed by atoms with Crippen LogP contribution in [0.15, 0.2) is 24.3 Å². The number of benzene rings is 1. The molecule has 1 aliphatic rings. The molecule has 1 fully saturated rings. The molecule has 1 aliphatic carbocycles. The minimum Gasteiger partial charge on any atom is -0.329 e. The van der Waals surface area contributed by atoms with Gasteiger partial charge in [-0.3, -0.25) is 0 Å². The Morgan fingerprint density at radius 2 is 2.24 bits per heavy atom. The molecule has 0 amide bonds. The summed E-state index contributed by atoms with van der Waals surface area (Å²) in [6, 6.07) is 6.76. The van der Waals surface area contributed by atoms with Crippen LogP contribution < -0.4 is 11.1 Å². The van der Waals surface area contributed by atoms with Crippen LogP contribution >= 0.6 is 0 Å². The smallest absolute Gasteiger partial charge is 0.123 e. The van der Waals surface area contributed by atoms with Gasteiger partial charge in [0.25, 0.3) is 0 Å². The normalized spacial score (nSPS) is 17.1. The maximum Gasteiger partial charge on any atom is 0.123 e. The molecule has 0 bridgehead atoms. The number of hydrogen-bond acceptors (Lipinski definition) is 2. The summed E-state index contributed by atoms with van der Waals surface area (Å²) in [7, 11) is 0. The Morgan fingerprint density at radius 1 is 1.41 bits per heavy atom. The lowest BCUT2D eigenvalue weighted by atomic mass is 10.1. The molecule has 0 aromatic heterocycles. The van der Waals surface area contributed by atoms with Crippen LogP contribution in [0.25, 0.3) is 0 Å². The maximum absolute atomic E-state index is 13.1. The van der Waals surface area contributed by atoms with Gasteiger partial charge < -0.3 is 11.1 Å². The summed E-state index contributed by atoms with van der Waals surface area (Å²) >= 11 is 0. The van der Waals surface area contributed by atoms with Gasteiger partial charge in [0.15, 0.2) is 0 Å². The largest absolute Gasteiger partial charge is 0.329 e. The van der Waals surface area contributed by atoms with Crippen LogP contribution in [0.1, 0.15) is 37.3 Å². The number of halogens is 1. The van der Waals surface area contributed by atoms with Gasteiger partial charge in [0.1, 0.15) is 5.82 Å². The molecule has 1 aromatic carbocycles. The van der Waals surface area contributed by atoms with Gasteiger partial charge >= 0.3 is 0 Å². The van der Waals surface area contributed by atoms with E-state index in [1.54, 1.807) is 12.1 Å². The lowest BCUT2D eigenvalue weighted by Crippen LogP contribution is -2.29. The third kappa shape index (κ3) is 4.10. The van der Waals surface area contributed by atoms with Gasteiger partial charge in [0.05, 0.1) is 0 Å². The van der Waals surface area contributed by atoms with E-state index in [4.69, 9.17) is 5.73 Å². The van der Waals surface area contributed by atoms with Crippen molar-refractivity contribution in [3.05, 3.63) is 35.6 Å². The summed E-state index contributed by atoms with van der Waals surface area (Å²) in [6.07, 6.45) is 5.32. The first-order chi connectivity index (χ1) is 8.29. The number of nitrogens with one attached hydrogen (secondary N) is 1. The molecule has 2 rings (SSSR count). The summed E-state index contributed by atoms with van der Waals surface area (Å²) in [4.78, 5) is 0. The van der Waals surface area contributed by atoms with Gasteiger partial charge in [-0.25, -0.2) is 4.39 Å². The van der Waals surface area contributed by atoms with Crippen LogP contribution in [0, 0.1) is 11.7 Å².